The molecule has 28 heavy (non-hydrogen) atoms. The second-order valence-corrected chi connectivity index (χ2v) is 6.83. The number of benzene rings is 2. The lowest BCUT2D eigenvalue weighted by Gasteiger charge is -2.12. The maximum Gasteiger partial charge on any atom is 0.416 e. The Morgan fingerprint density at radius 1 is 1.00 bits per heavy atom. The molecule has 0 amide bonds. The molecule has 0 saturated heterocycles. The minimum absolute atomic E-state index is 0.0806. The Morgan fingerprint density at radius 3 is 2.39 bits per heavy atom. The molecule has 3 rings (SSSR count). The zero-order valence-corrected chi connectivity index (χ0v) is 15.6. The van der Waals surface area contributed by atoms with Gasteiger partial charge < -0.3 is 4.57 Å². The molecule has 8 heteroatoms. The normalized spacial score (nSPS) is 11.3. The number of nitrogens with zero attached hydrogens (tertiary/aromatic N) is 2. The quantitative estimate of drug-likeness (QED) is 0.538. The summed E-state index contributed by atoms with van der Waals surface area (Å²) in [7, 11) is 0. The molecule has 0 aliphatic heterocycles. The summed E-state index contributed by atoms with van der Waals surface area (Å²) >= 11 is 11.9. The number of nitriles is 1. The van der Waals surface area contributed by atoms with Gasteiger partial charge in [0, 0.05) is 6.20 Å². The fraction of sp³-hybridized carbons (Fsp3) is 0.100. The van der Waals surface area contributed by atoms with Crippen molar-refractivity contribution in [3.05, 3.63) is 91.8 Å². The number of hydrogen-bond donors (Lipinski definition) is 0. The molecule has 0 N–H and O–H groups in total. The Bertz CT molecular complexity index is 1150. The number of halogens is 5. The van der Waals surface area contributed by atoms with E-state index in [2.05, 4.69) is 0 Å². The van der Waals surface area contributed by atoms with E-state index in [9.17, 15) is 23.2 Å². The summed E-state index contributed by atoms with van der Waals surface area (Å²) in [5.74, 6) is 0. The van der Waals surface area contributed by atoms with E-state index < -0.39 is 17.3 Å². The van der Waals surface area contributed by atoms with E-state index in [0.717, 1.165) is 12.1 Å². The molecule has 3 nitrogen and oxygen atoms in total. The van der Waals surface area contributed by atoms with Gasteiger partial charge in [0.1, 0.15) is 11.6 Å². The third-order valence-corrected chi connectivity index (χ3v) is 4.81. The van der Waals surface area contributed by atoms with Crippen LogP contribution in [-0.4, -0.2) is 4.57 Å². The maximum atomic E-state index is 13.0. The summed E-state index contributed by atoms with van der Waals surface area (Å²) in [6.45, 7) is 0.0806. The molecule has 3 aromatic rings. The lowest BCUT2D eigenvalue weighted by atomic mass is 10.0. The molecular weight excluding hydrogens is 412 g/mol. The highest BCUT2D eigenvalue weighted by molar-refractivity contribution is 6.42. The van der Waals surface area contributed by atoms with Crippen LogP contribution in [0.3, 0.4) is 0 Å². The first kappa shape index (κ1) is 20.0. The lowest BCUT2D eigenvalue weighted by Crippen LogP contribution is -2.23. The van der Waals surface area contributed by atoms with Gasteiger partial charge in [-0.15, -0.1) is 0 Å². The average molecular weight is 423 g/mol. The smallest absolute Gasteiger partial charge is 0.309 e. The van der Waals surface area contributed by atoms with Crippen molar-refractivity contribution in [3.63, 3.8) is 0 Å². The van der Waals surface area contributed by atoms with Crippen molar-refractivity contribution >= 4 is 23.2 Å². The predicted octanol–water partition coefficient (Wildman–Crippen LogP) is 5.76. The van der Waals surface area contributed by atoms with Crippen molar-refractivity contribution < 1.29 is 13.2 Å². The zero-order chi connectivity index (χ0) is 20.5. The molecule has 0 atom stereocenters. The van der Waals surface area contributed by atoms with Gasteiger partial charge in [0.05, 0.1) is 22.2 Å². The van der Waals surface area contributed by atoms with E-state index in [-0.39, 0.29) is 17.7 Å². The van der Waals surface area contributed by atoms with Crippen LogP contribution in [0.1, 0.15) is 16.7 Å². The van der Waals surface area contributed by atoms with Crippen molar-refractivity contribution in [1.82, 2.24) is 4.57 Å². The van der Waals surface area contributed by atoms with Crippen LogP contribution in [0, 0.1) is 11.3 Å². The van der Waals surface area contributed by atoms with Crippen LogP contribution in [-0.2, 0) is 12.7 Å². The molecule has 0 saturated carbocycles. The summed E-state index contributed by atoms with van der Waals surface area (Å²) in [6, 6.07) is 12.6. The first-order chi connectivity index (χ1) is 13.2. The van der Waals surface area contributed by atoms with Crippen molar-refractivity contribution in [3.8, 4) is 17.2 Å². The van der Waals surface area contributed by atoms with E-state index in [1.807, 2.05) is 0 Å². The molecule has 0 unspecified atom stereocenters. The zero-order valence-electron chi connectivity index (χ0n) is 14.1. The molecular formula is C20H11Cl2F3N2O. The highest BCUT2D eigenvalue weighted by atomic mass is 35.5. The van der Waals surface area contributed by atoms with Gasteiger partial charge in [-0.3, -0.25) is 4.79 Å². The lowest BCUT2D eigenvalue weighted by molar-refractivity contribution is -0.137. The molecule has 0 aliphatic rings. The number of pyridine rings is 1. The molecule has 0 radical (unpaired) electrons. The van der Waals surface area contributed by atoms with Crippen LogP contribution in [0.15, 0.2) is 59.5 Å². The molecule has 0 bridgehead atoms. The van der Waals surface area contributed by atoms with E-state index >= 15 is 0 Å². The summed E-state index contributed by atoms with van der Waals surface area (Å²) in [6.07, 6.45) is -3.08. The van der Waals surface area contributed by atoms with Gasteiger partial charge in [-0.05, 0) is 47.0 Å². The van der Waals surface area contributed by atoms with Gasteiger partial charge in [-0.1, -0.05) is 41.4 Å². The first-order valence-electron chi connectivity index (χ1n) is 7.95. The topological polar surface area (TPSA) is 45.8 Å². The minimum atomic E-state index is -4.50. The Labute approximate surface area is 168 Å². The second kappa shape index (κ2) is 7.70. The van der Waals surface area contributed by atoms with Crippen molar-refractivity contribution in [1.29, 1.82) is 5.26 Å². The van der Waals surface area contributed by atoms with Gasteiger partial charge in [0.25, 0.3) is 5.56 Å². The van der Waals surface area contributed by atoms with Crippen LogP contribution in [0.2, 0.25) is 10.0 Å². The van der Waals surface area contributed by atoms with Gasteiger partial charge in [-0.25, -0.2) is 0 Å². The van der Waals surface area contributed by atoms with Crippen molar-refractivity contribution in [2.45, 2.75) is 12.7 Å². The largest absolute Gasteiger partial charge is 0.416 e. The first-order valence-corrected chi connectivity index (χ1v) is 8.71. The molecule has 0 fully saturated rings. The van der Waals surface area contributed by atoms with Crippen molar-refractivity contribution in [2.24, 2.45) is 0 Å². The number of aromatic nitrogens is 1. The van der Waals surface area contributed by atoms with Gasteiger partial charge in [-0.2, -0.15) is 18.4 Å². The van der Waals surface area contributed by atoms with Crippen molar-refractivity contribution in [2.75, 3.05) is 0 Å². The van der Waals surface area contributed by atoms with E-state index in [4.69, 9.17) is 23.2 Å². The van der Waals surface area contributed by atoms with E-state index in [1.165, 1.54) is 29.0 Å². The fourth-order valence-electron chi connectivity index (χ4n) is 2.70. The SMILES string of the molecule is N#Cc1cc(-c2cccc(C(F)(F)F)c2)cn(Cc2ccc(Cl)c(Cl)c2)c1=O. The van der Waals surface area contributed by atoms with Crippen LogP contribution < -0.4 is 5.56 Å². The number of hydrogen-bond acceptors (Lipinski definition) is 2. The van der Waals surface area contributed by atoms with Crippen LogP contribution in [0.4, 0.5) is 13.2 Å². The summed E-state index contributed by atoms with van der Waals surface area (Å²) < 4.78 is 40.3. The predicted molar refractivity (Wildman–Crippen MR) is 101 cm³/mol. The number of alkyl halides is 3. The Balaban J connectivity index is 2.10. The average Bonchev–Trinajstić information content (AvgIpc) is 2.65. The van der Waals surface area contributed by atoms with Gasteiger partial charge in [0.15, 0.2) is 0 Å². The Hall–Kier alpha value is -2.75. The van der Waals surface area contributed by atoms with Crippen LogP contribution in [0.25, 0.3) is 11.1 Å². The summed E-state index contributed by atoms with van der Waals surface area (Å²) in [5.41, 5.74) is -0.317. The fourth-order valence-corrected chi connectivity index (χ4v) is 3.02. The standard InChI is InChI=1S/C20H11Cl2F3N2O/c21-17-5-4-12(6-18(17)22)10-27-11-15(7-14(9-26)19(27)28)13-2-1-3-16(8-13)20(23,24)25/h1-8,11H,10H2. The minimum Gasteiger partial charge on any atom is -0.309 e. The third kappa shape index (κ3) is 4.22. The van der Waals surface area contributed by atoms with E-state index in [0.29, 0.717) is 21.2 Å². The molecule has 0 aliphatic carbocycles. The molecule has 142 valence electrons. The molecule has 2 aromatic carbocycles. The molecule has 1 heterocycles. The highest BCUT2D eigenvalue weighted by Gasteiger charge is 2.30. The Kier molecular flexibility index (Phi) is 5.50. The summed E-state index contributed by atoms with van der Waals surface area (Å²) in [4.78, 5) is 12.5. The second-order valence-electron chi connectivity index (χ2n) is 6.01. The summed E-state index contributed by atoms with van der Waals surface area (Å²) in [5, 5.41) is 9.92. The molecule has 1 aromatic heterocycles. The highest BCUT2D eigenvalue weighted by Crippen LogP contribution is 2.32. The number of rotatable bonds is 3. The third-order valence-electron chi connectivity index (χ3n) is 4.07. The molecule has 0 spiro atoms. The van der Waals surface area contributed by atoms with Crippen LogP contribution >= 0.6 is 23.2 Å². The van der Waals surface area contributed by atoms with Crippen LogP contribution in [0.5, 0.6) is 0 Å². The maximum absolute atomic E-state index is 13.0. The van der Waals surface area contributed by atoms with E-state index in [1.54, 1.807) is 24.3 Å². The monoisotopic (exact) mass is 422 g/mol. The van der Waals surface area contributed by atoms with Gasteiger partial charge >= 0.3 is 6.18 Å². The Morgan fingerprint density at radius 2 is 1.75 bits per heavy atom. The van der Waals surface area contributed by atoms with Gasteiger partial charge in [0.2, 0.25) is 0 Å².